The molecule has 4 rings (SSSR count). The molecule has 1 heterocycles. The van der Waals surface area contributed by atoms with Crippen LogP contribution in [0.15, 0.2) is 60.7 Å². The van der Waals surface area contributed by atoms with Crippen molar-refractivity contribution in [1.29, 1.82) is 0 Å². The molecule has 3 aromatic rings. The van der Waals surface area contributed by atoms with Crippen molar-refractivity contribution in [2.45, 2.75) is 26.1 Å². The van der Waals surface area contributed by atoms with E-state index in [4.69, 9.17) is 10.5 Å². The molecule has 8 nitrogen and oxygen atoms in total. The fraction of sp³-hybridized carbons (Fsp3) is 0.286. The highest BCUT2D eigenvalue weighted by molar-refractivity contribution is 6.04. The van der Waals surface area contributed by atoms with Gasteiger partial charge >= 0.3 is 0 Å². The summed E-state index contributed by atoms with van der Waals surface area (Å²) in [5, 5.41) is 13.5. The number of nitrogens with two attached hydrogens (primary N) is 1. The second kappa shape index (κ2) is 11.1. The SMILES string of the molecule is CNCCCOc1ccc2c(c1)CN(C(=O)c1cc(C(=O)N(C)Cc3ccccc3)c(O)cc1N)C2. The number of fused-ring (bicyclic) bond motifs is 1. The topological polar surface area (TPSA) is 108 Å². The van der Waals surface area contributed by atoms with Gasteiger partial charge < -0.3 is 30.7 Å². The molecule has 1 aliphatic rings. The zero-order valence-electron chi connectivity index (χ0n) is 20.7. The second-order valence-corrected chi connectivity index (χ2v) is 9.00. The van der Waals surface area contributed by atoms with Crippen LogP contribution in [0.3, 0.4) is 0 Å². The van der Waals surface area contributed by atoms with Gasteiger partial charge in [0.15, 0.2) is 0 Å². The van der Waals surface area contributed by atoms with E-state index in [-0.39, 0.29) is 28.5 Å². The second-order valence-electron chi connectivity index (χ2n) is 9.00. The zero-order valence-corrected chi connectivity index (χ0v) is 20.7. The van der Waals surface area contributed by atoms with Gasteiger partial charge in [-0.15, -0.1) is 0 Å². The Balaban J connectivity index is 1.48. The molecule has 0 radical (unpaired) electrons. The van der Waals surface area contributed by atoms with Gasteiger partial charge in [0.05, 0.1) is 17.7 Å². The molecule has 36 heavy (non-hydrogen) atoms. The van der Waals surface area contributed by atoms with E-state index < -0.39 is 5.91 Å². The molecule has 0 spiro atoms. The van der Waals surface area contributed by atoms with Gasteiger partial charge in [-0.05, 0) is 54.9 Å². The van der Waals surface area contributed by atoms with Crippen LogP contribution >= 0.6 is 0 Å². The third-order valence-electron chi connectivity index (χ3n) is 6.27. The smallest absolute Gasteiger partial charge is 0.257 e. The molecule has 0 unspecified atom stereocenters. The lowest BCUT2D eigenvalue weighted by molar-refractivity contribution is 0.0752. The van der Waals surface area contributed by atoms with Gasteiger partial charge in [0.1, 0.15) is 11.5 Å². The summed E-state index contributed by atoms with van der Waals surface area (Å²) in [6.45, 7) is 2.72. The molecule has 0 bridgehead atoms. The van der Waals surface area contributed by atoms with E-state index in [1.54, 1.807) is 11.9 Å². The fourth-order valence-electron chi connectivity index (χ4n) is 4.31. The monoisotopic (exact) mass is 488 g/mol. The van der Waals surface area contributed by atoms with Crippen molar-refractivity contribution < 1.29 is 19.4 Å². The summed E-state index contributed by atoms with van der Waals surface area (Å²) in [4.78, 5) is 29.7. The van der Waals surface area contributed by atoms with Gasteiger partial charge in [0.25, 0.3) is 11.8 Å². The quantitative estimate of drug-likeness (QED) is 0.315. The molecular weight excluding hydrogens is 456 g/mol. The molecule has 1 aliphatic heterocycles. The lowest BCUT2D eigenvalue weighted by atomic mass is 10.0. The van der Waals surface area contributed by atoms with E-state index in [1.165, 1.54) is 17.0 Å². The molecule has 0 atom stereocenters. The molecule has 188 valence electrons. The number of nitrogens with zero attached hydrogens (tertiary/aromatic N) is 2. The third-order valence-corrected chi connectivity index (χ3v) is 6.27. The Bertz CT molecular complexity index is 1250. The summed E-state index contributed by atoms with van der Waals surface area (Å²) < 4.78 is 5.82. The van der Waals surface area contributed by atoms with Gasteiger partial charge in [-0.1, -0.05) is 36.4 Å². The van der Waals surface area contributed by atoms with Crippen molar-refractivity contribution in [3.63, 3.8) is 0 Å². The van der Waals surface area contributed by atoms with Crippen LogP contribution in [-0.2, 0) is 19.6 Å². The zero-order chi connectivity index (χ0) is 25.7. The average Bonchev–Trinajstić information content (AvgIpc) is 3.30. The number of rotatable bonds is 9. The normalized spacial score (nSPS) is 12.3. The van der Waals surface area contributed by atoms with Crippen LogP contribution < -0.4 is 15.8 Å². The first-order valence-corrected chi connectivity index (χ1v) is 12.0. The van der Waals surface area contributed by atoms with Crippen molar-refractivity contribution in [3.8, 4) is 11.5 Å². The van der Waals surface area contributed by atoms with Crippen molar-refractivity contribution in [3.05, 3.63) is 88.5 Å². The molecule has 0 saturated carbocycles. The summed E-state index contributed by atoms with van der Waals surface area (Å²) in [6.07, 6.45) is 0.903. The van der Waals surface area contributed by atoms with Crippen LogP contribution in [0.25, 0.3) is 0 Å². The maximum absolute atomic E-state index is 13.4. The number of carbonyl (C=O) groups is 2. The minimum Gasteiger partial charge on any atom is -0.507 e. The molecule has 8 heteroatoms. The van der Waals surface area contributed by atoms with Crippen LogP contribution in [0, 0.1) is 0 Å². The van der Waals surface area contributed by atoms with Crippen molar-refractivity contribution >= 4 is 17.5 Å². The van der Waals surface area contributed by atoms with E-state index in [0.717, 1.165) is 35.4 Å². The van der Waals surface area contributed by atoms with E-state index in [2.05, 4.69) is 5.32 Å². The maximum Gasteiger partial charge on any atom is 0.257 e. The summed E-state index contributed by atoms with van der Waals surface area (Å²) in [5.74, 6) is -0.161. The number of nitrogen functional groups attached to an aromatic ring is 1. The van der Waals surface area contributed by atoms with Crippen molar-refractivity contribution in [2.24, 2.45) is 0 Å². The molecule has 0 saturated heterocycles. The van der Waals surface area contributed by atoms with E-state index >= 15 is 0 Å². The summed E-state index contributed by atoms with van der Waals surface area (Å²) >= 11 is 0. The lowest BCUT2D eigenvalue weighted by Gasteiger charge is -2.20. The number of hydrogen-bond donors (Lipinski definition) is 3. The number of carbonyl (C=O) groups excluding carboxylic acids is 2. The van der Waals surface area contributed by atoms with Crippen LogP contribution in [0.5, 0.6) is 11.5 Å². The van der Waals surface area contributed by atoms with Crippen molar-refractivity contribution in [2.75, 3.05) is 33.0 Å². The predicted molar refractivity (Wildman–Crippen MR) is 139 cm³/mol. The van der Waals surface area contributed by atoms with Gasteiger partial charge in [0.2, 0.25) is 0 Å². The largest absolute Gasteiger partial charge is 0.507 e. The highest BCUT2D eigenvalue weighted by Crippen LogP contribution is 2.31. The van der Waals surface area contributed by atoms with Crippen LogP contribution in [0.4, 0.5) is 5.69 Å². The van der Waals surface area contributed by atoms with Gasteiger partial charge in [-0.2, -0.15) is 0 Å². The maximum atomic E-state index is 13.4. The highest BCUT2D eigenvalue weighted by atomic mass is 16.5. The van der Waals surface area contributed by atoms with Crippen LogP contribution in [-0.4, -0.2) is 54.0 Å². The molecule has 2 amide bonds. The standard InChI is InChI=1S/C28H32N4O4/c1-30-11-6-12-36-22-10-9-20-17-32(18-21(20)13-22)28(35)23-14-24(26(33)15-25(23)29)27(34)31(2)16-19-7-4-3-5-8-19/h3-5,7-10,13-15,30,33H,6,11-12,16-18,29H2,1-2H3. The number of aromatic hydroxyl groups is 1. The predicted octanol–water partition coefficient (Wildman–Crippen LogP) is 3.39. The van der Waals surface area contributed by atoms with Gasteiger partial charge in [-0.25, -0.2) is 0 Å². The minimum absolute atomic E-state index is 0.0416. The van der Waals surface area contributed by atoms with Gasteiger partial charge in [0, 0.05) is 38.4 Å². The summed E-state index contributed by atoms with van der Waals surface area (Å²) in [7, 11) is 3.56. The fourth-order valence-corrected chi connectivity index (χ4v) is 4.31. The number of phenolic OH excluding ortho intramolecular Hbond substituents is 1. The first-order valence-electron chi connectivity index (χ1n) is 12.0. The summed E-state index contributed by atoms with van der Waals surface area (Å²) in [6, 6.07) is 18.1. The first kappa shape index (κ1) is 25.1. The van der Waals surface area contributed by atoms with Gasteiger partial charge in [-0.3, -0.25) is 9.59 Å². The van der Waals surface area contributed by atoms with Crippen LogP contribution in [0.1, 0.15) is 43.8 Å². The number of amides is 2. The summed E-state index contributed by atoms with van der Waals surface area (Å²) in [5.41, 5.74) is 9.50. The lowest BCUT2D eigenvalue weighted by Crippen LogP contribution is -2.28. The number of nitrogens with one attached hydrogen (secondary N) is 1. The highest BCUT2D eigenvalue weighted by Gasteiger charge is 2.28. The first-order chi connectivity index (χ1) is 17.4. The number of hydrogen-bond acceptors (Lipinski definition) is 6. The molecule has 4 N–H and O–H groups in total. The number of phenols is 1. The van der Waals surface area contributed by atoms with E-state index in [9.17, 15) is 14.7 Å². The Morgan fingerprint density at radius 3 is 2.56 bits per heavy atom. The number of benzene rings is 3. The van der Waals surface area contributed by atoms with E-state index in [0.29, 0.717) is 26.2 Å². The Hall–Kier alpha value is -4.04. The number of anilines is 1. The average molecular weight is 489 g/mol. The molecule has 0 aliphatic carbocycles. The van der Waals surface area contributed by atoms with Crippen molar-refractivity contribution in [1.82, 2.24) is 15.1 Å². The molecular formula is C28H32N4O4. The minimum atomic E-state index is -0.393. The number of ether oxygens (including phenoxy) is 1. The molecule has 0 fully saturated rings. The molecule has 0 aromatic heterocycles. The molecule has 3 aromatic carbocycles. The third kappa shape index (κ3) is 5.60. The Kier molecular flexibility index (Phi) is 7.75. The Morgan fingerprint density at radius 2 is 1.81 bits per heavy atom. The Morgan fingerprint density at radius 1 is 1.06 bits per heavy atom. The van der Waals surface area contributed by atoms with E-state index in [1.807, 2.05) is 55.6 Å². The Labute approximate surface area is 211 Å². The van der Waals surface area contributed by atoms with Crippen LogP contribution in [0.2, 0.25) is 0 Å².